The number of anilines is 2. The number of nitrogens with one attached hydrogen (secondary N) is 2. The van der Waals surface area contributed by atoms with Crippen molar-refractivity contribution in [2.24, 2.45) is 0 Å². The smallest absolute Gasteiger partial charge is 0.262 e. The van der Waals surface area contributed by atoms with Gasteiger partial charge in [0.1, 0.15) is 5.75 Å². The van der Waals surface area contributed by atoms with Crippen LogP contribution in [0.5, 0.6) is 5.75 Å². The van der Waals surface area contributed by atoms with Crippen LogP contribution in [0.15, 0.2) is 71.2 Å². The number of benzene rings is 3. The van der Waals surface area contributed by atoms with Crippen molar-refractivity contribution in [3.05, 3.63) is 87.4 Å². The Morgan fingerprint density at radius 1 is 1.00 bits per heavy atom. The Labute approximate surface area is 201 Å². The van der Waals surface area contributed by atoms with E-state index in [0.29, 0.717) is 33.6 Å². The molecule has 32 heavy (non-hydrogen) atoms. The first kappa shape index (κ1) is 23.8. The Morgan fingerprint density at radius 3 is 2.41 bits per heavy atom. The van der Waals surface area contributed by atoms with E-state index in [1.807, 2.05) is 18.2 Å². The van der Waals surface area contributed by atoms with E-state index in [4.69, 9.17) is 16.3 Å². The summed E-state index contributed by atoms with van der Waals surface area (Å²) in [6.07, 6.45) is 1.05. The zero-order valence-electron chi connectivity index (χ0n) is 17.8. The molecular weight excluding hydrogens is 492 g/mol. The highest BCUT2D eigenvalue weighted by molar-refractivity contribution is 9.10. The predicted octanol–water partition coefficient (Wildman–Crippen LogP) is 6.89. The Kier molecular flexibility index (Phi) is 8.31. The Balaban J connectivity index is 1.58. The molecule has 0 aliphatic rings. The van der Waals surface area contributed by atoms with Crippen LogP contribution >= 0.6 is 27.5 Å². The lowest BCUT2D eigenvalue weighted by Crippen LogP contribution is -2.20. The van der Waals surface area contributed by atoms with Gasteiger partial charge in [0.25, 0.3) is 11.8 Å². The molecule has 0 aromatic heterocycles. The maximum absolute atomic E-state index is 12.5. The molecule has 3 aromatic carbocycles. The van der Waals surface area contributed by atoms with E-state index in [9.17, 15) is 9.59 Å². The van der Waals surface area contributed by atoms with Crippen LogP contribution < -0.4 is 15.4 Å². The lowest BCUT2D eigenvalue weighted by molar-refractivity contribution is -0.118. The summed E-state index contributed by atoms with van der Waals surface area (Å²) in [5.74, 6) is 0.425. The first-order valence-corrected chi connectivity index (χ1v) is 11.4. The maximum atomic E-state index is 12.5. The zero-order valence-corrected chi connectivity index (χ0v) is 20.2. The standard InChI is InChI=1S/C25H24BrClN2O3/c1-3-16(2)17-10-11-23(22(26)13-17)32-15-24(30)28-20-8-4-6-18(12-20)25(31)29-21-9-5-7-19(27)14-21/h4-14,16H,3,15H2,1-2H3,(H,28,30)(H,29,31). The van der Waals surface area contributed by atoms with Gasteiger partial charge < -0.3 is 15.4 Å². The molecule has 0 fully saturated rings. The number of carbonyl (C=O) groups is 2. The van der Waals surface area contributed by atoms with Crippen molar-refractivity contribution in [1.82, 2.24) is 0 Å². The van der Waals surface area contributed by atoms with Crippen LogP contribution in [0, 0.1) is 0 Å². The van der Waals surface area contributed by atoms with Gasteiger partial charge in [0.2, 0.25) is 0 Å². The summed E-state index contributed by atoms with van der Waals surface area (Å²) in [4.78, 5) is 24.9. The summed E-state index contributed by atoms with van der Waals surface area (Å²) in [5, 5.41) is 6.07. The van der Waals surface area contributed by atoms with Crippen LogP contribution in [-0.2, 0) is 4.79 Å². The second kappa shape index (κ2) is 11.2. The fraction of sp³-hybridized carbons (Fsp3) is 0.200. The van der Waals surface area contributed by atoms with Gasteiger partial charge in [0.05, 0.1) is 4.47 Å². The third kappa shape index (κ3) is 6.58. The normalized spacial score (nSPS) is 11.5. The molecule has 0 aliphatic heterocycles. The van der Waals surface area contributed by atoms with E-state index in [2.05, 4.69) is 40.4 Å². The minimum atomic E-state index is -0.324. The van der Waals surface area contributed by atoms with E-state index in [0.717, 1.165) is 10.9 Å². The molecule has 0 saturated carbocycles. The molecule has 5 nitrogen and oxygen atoms in total. The summed E-state index contributed by atoms with van der Waals surface area (Å²) in [7, 11) is 0. The van der Waals surface area contributed by atoms with Crippen molar-refractivity contribution >= 4 is 50.7 Å². The highest BCUT2D eigenvalue weighted by Gasteiger charge is 2.11. The van der Waals surface area contributed by atoms with Gasteiger partial charge in [0.15, 0.2) is 6.61 Å². The van der Waals surface area contributed by atoms with Crippen molar-refractivity contribution in [1.29, 1.82) is 0 Å². The number of hydrogen-bond donors (Lipinski definition) is 2. The minimum absolute atomic E-state index is 0.153. The molecule has 3 rings (SSSR count). The van der Waals surface area contributed by atoms with Crippen LogP contribution in [0.4, 0.5) is 11.4 Å². The van der Waals surface area contributed by atoms with Crippen molar-refractivity contribution in [3.63, 3.8) is 0 Å². The summed E-state index contributed by atoms with van der Waals surface area (Å²) in [6, 6.07) is 19.5. The molecule has 0 heterocycles. The molecule has 1 atom stereocenters. The predicted molar refractivity (Wildman–Crippen MR) is 133 cm³/mol. The lowest BCUT2D eigenvalue weighted by atomic mass is 9.99. The molecule has 3 aromatic rings. The van der Waals surface area contributed by atoms with Crippen molar-refractivity contribution in [2.45, 2.75) is 26.2 Å². The molecule has 0 radical (unpaired) electrons. The van der Waals surface area contributed by atoms with Crippen molar-refractivity contribution in [2.75, 3.05) is 17.2 Å². The Bertz CT molecular complexity index is 1120. The number of ether oxygens (including phenoxy) is 1. The molecule has 2 amide bonds. The average molecular weight is 516 g/mol. The van der Waals surface area contributed by atoms with Crippen LogP contribution in [0.2, 0.25) is 5.02 Å². The van der Waals surface area contributed by atoms with Gasteiger partial charge in [-0.15, -0.1) is 0 Å². The second-order valence-corrected chi connectivity index (χ2v) is 8.67. The van der Waals surface area contributed by atoms with Gasteiger partial charge >= 0.3 is 0 Å². The van der Waals surface area contributed by atoms with E-state index >= 15 is 0 Å². The average Bonchev–Trinajstić information content (AvgIpc) is 2.78. The maximum Gasteiger partial charge on any atom is 0.262 e. The number of hydrogen-bond acceptors (Lipinski definition) is 3. The molecule has 0 aliphatic carbocycles. The van der Waals surface area contributed by atoms with Gasteiger partial charge in [-0.3, -0.25) is 9.59 Å². The van der Waals surface area contributed by atoms with Crippen LogP contribution in [0.1, 0.15) is 42.1 Å². The molecule has 0 bridgehead atoms. The highest BCUT2D eigenvalue weighted by Crippen LogP contribution is 2.30. The SMILES string of the molecule is CCC(C)c1ccc(OCC(=O)Nc2cccc(C(=O)Nc3cccc(Cl)c3)c2)c(Br)c1. The van der Waals surface area contributed by atoms with Crippen LogP contribution in [0.25, 0.3) is 0 Å². The van der Waals surface area contributed by atoms with Gasteiger partial charge in [-0.25, -0.2) is 0 Å². The topological polar surface area (TPSA) is 67.4 Å². The first-order chi connectivity index (χ1) is 15.4. The van der Waals surface area contributed by atoms with Gasteiger partial charge in [-0.2, -0.15) is 0 Å². The quantitative estimate of drug-likeness (QED) is 0.343. The molecule has 1 unspecified atom stereocenters. The van der Waals surface area contributed by atoms with E-state index in [-0.39, 0.29) is 18.4 Å². The van der Waals surface area contributed by atoms with Gasteiger partial charge in [0, 0.05) is 22.0 Å². The number of carbonyl (C=O) groups excluding carboxylic acids is 2. The number of halogens is 2. The Morgan fingerprint density at radius 2 is 1.72 bits per heavy atom. The van der Waals surface area contributed by atoms with Crippen molar-refractivity contribution < 1.29 is 14.3 Å². The third-order valence-corrected chi connectivity index (χ3v) is 5.84. The third-order valence-electron chi connectivity index (χ3n) is 4.99. The lowest BCUT2D eigenvalue weighted by Gasteiger charge is -2.13. The zero-order chi connectivity index (χ0) is 23.1. The summed E-state index contributed by atoms with van der Waals surface area (Å²) in [6.45, 7) is 4.16. The minimum Gasteiger partial charge on any atom is -0.483 e. The van der Waals surface area contributed by atoms with Crippen molar-refractivity contribution in [3.8, 4) is 5.75 Å². The fourth-order valence-corrected chi connectivity index (χ4v) is 3.73. The molecule has 166 valence electrons. The van der Waals surface area contributed by atoms with E-state index in [1.54, 1.807) is 48.5 Å². The molecule has 0 spiro atoms. The summed E-state index contributed by atoms with van der Waals surface area (Å²) in [5.41, 5.74) is 2.72. The summed E-state index contributed by atoms with van der Waals surface area (Å²) < 4.78 is 6.46. The number of rotatable bonds is 8. The first-order valence-electron chi connectivity index (χ1n) is 10.2. The van der Waals surface area contributed by atoms with Crippen LogP contribution in [0.3, 0.4) is 0 Å². The van der Waals surface area contributed by atoms with E-state index < -0.39 is 0 Å². The Hall–Kier alpha value is -2.83. The summed E-state index contributed by atoms with van der Waals surface area (Å²) >= 11 is 9.46. The van der Waals surface area contributed by atoms with Gasteiger partial charge in [-0.05, 0) is 82.4 Å². The largest absolute Gasteiger partial charge is 0.483 e. The monoisotopic (exact) mass is 514 g/mol. The van der Waals surface area contributed by atoms with Gasteiger partial charge in [-0.1, -0.05) is 43.6 Å². The molecule has 0 saturated heterocycles. The number of amides is 2. The molecule has 7 heteroatoms. The molecular formula is C25H24BrClN2O3. The fourth-order valence-electron chi connectivity index (χ4n) is 3.02. The van der Waals surface area contributed by atoms with E-state index in [1.165, 1.54) is 5.56 Å². The molecule has 2 N–H and O–H groups in total. The second-order valence-electron chi connectivity index (χ2n) is 7.38. The van der Waals surface area contributed by atoms with Crippen LogP contribution in [-0.4, -0.2) is 18.4 Å². The highest BCUT2D eigenvalue weighted by atomic mass is 79.9.